The smallest absolute Gasteiger partial charge is 0.387 e. The number of hydrogen-bond acceptors (Lipinski definition) is 2. The minimum Gasteiger partial charge on any atom is -0.433 e. The maximum Gasteiger partial charge on any atom is 0.387 e. The van der Waals surface area contributed by atoms with E-state index in [4.69, 9.17) is 0 Å². The largest absolute Gasteiger partial charge is 0.433 e. The molecule has 0 unspecified atom stereocenters. The van der Waals surface area contributed by atoms with Crippen LogP contribution in [0.25, 0.3) is 10.8 Å². The molecule has 0 heterocycles. The molecule has 0 spiro atoms. The topological polar surface area (TPSA) is 26.3 Å². The molecule has 16 heavy (non-hydrogen) atoms. The van der Waals surface area contributed by atoms with E-state index in [0.29, 0.717) is 11.7 Å². The summed E-state index contributed by atoms with van der Waals surface area (Å²) in [4.78, 5) is 10.7. The first-order chi connectivity index (χ1) is 7.72. The maximum atomic E-state index is 12.2. The van der Waals surface area contributed by atoms with Crippen LogP contribution in [-0.2, 0) is 0 Å². The molecule has 0 aromatic heterocycles. The van der Waals surface area contributed by atoms with Crippen molar-refractivity contribution in [1.82, 2.24) is 0 Å². The maximum absolute atomic E-state index is 12.2. The van der Waals surface area contributed by atoms with E-state index in [0.717, 1.165) is 5.39 Å². The van der Waals surface area contributed by atoms with Crippen molar-refractivity contribution in [1.29, 1.82) is 0 Å². The Labute approximate surface area is 90.4 Å². The second-order valence-corrected chi connectivity index (χ2v) is 3.20. The highest BCUT2D eigenvalue weighted by molar-refractivity contribution is 5.96. The Morgan fingerprint density at radius 3 is 2.56 bits per heavy atom. The number of halogens is 2. The van der Waals surface area contributed by atoms with Crippen LogP contribution in [0, 0.1) is 0 Å². The van der Waals surface area contributed by atoms with Crippen LogP contribution in [0.4, 0.5) is 8.78 Å². The molecule has 0 saturated heterocycles. The average Bonchev–Trinajstić information content (AvgIpc) is 2.29. The second-order valence-electron chi connectivity index (χ2n) is 3.20. The molecule has 0 saturated carbocycles. The Morgan fingerprint density at radius 1 is 1.12 bits per heavy atom. The average molecular weight is 222 g/mol. The van der Waals surface area contributed by atoms with Gasteiger partial charge in [-0.1, -0.05) is 30.3 Å². The van der Waals surface area contributed by atoms with Crippen LogP contribution in [0.3, 0.4) is 0 Å². The highest BCUT2D eigenvalue weighted by Gasteiger charge is 2.12. The molecular weight excluding hydrogens is 214 g/mol. The molecule has 82 valence electrons. The zero-order valence-electron chi connectivity index (χ0n) is 8.19. The van der Waals surface area contributed by atoms with E-state index in [1.807, 2.05) is 0 Å². The molecule has 2 aromatic carbocycles. The van der Waals surface area contributed by atoms with Crippen LogP contribution in [0.15, 0.2) is 36.4 Å². The van der Waals surface area contributed by atoms with E-state index in [2.05, 4.69) is 4.74 Å². The molecule has 2 nitrogen and oxygen atoms in total. The predicted molar refractivity (Wildman–Crippen MR) is 56.0 cm³/mol. The highest BCUT2D eigenvalue weighted by atomic mass is 19.3. The number of carbonyl (C=O) groups excluding carboxylic acids is 1. The Morgan fingerprint density at radius 2 is 1.88 bits per heavy atom. The number of hydrogen-bond donors (Lipinski definition) is 0. The Hall–Kier alpha value is -1.97. The van der Waals surface area contributed by atoms with E-state index >= 15 is 0 Å². The van der Waals surface area contributed by atoms with E-state index in [9.17, 15) is 13.6 Å². The van der Waals surface area contributed by atoms with Gasteiger partial charge in [0, 0.05) is 5.39 Å². The number of fused-ring (bicyclic) bond motifs is 1. The van der Waals surface area contributed by atoms with Gasteiger partial charge in [0.1, 0.15) is 5.75 Å². The number of aldehydes is 1. The third-order valence-electron chi connectivity index (χ3n) is 2.24. The predicted octanol–water partition coefficient (Wildman–Crippen LogP) is 3.25. The molecule has 4 heteroatoms. The summed E-state index contributed by atoms with van der Waals surface area (Å²) in [7, 11) is 0. The fourth-order valence-electron chi connectivity index (χ4n) is 1.57. The van der Waals surface area contributed by atoms with Crippen molar-refractivity contribution in [2.24, 2.45) is 0 Å². The Kier molecular flexibility index (Phi) is 2.81. The monoisotopic (exact) mass is 222 g/mol. The molecule has 0 atom stereocenters. The summed E-state index contributed by atoms with van der Waals surface area (Å²) >= 11 is 0. The van der Waals surface area contributed by atoms with Gasteiger partial charge in [0.2, 0.25) is 0 Å². The first-order valence-electron chi connectivity index (χ1n) is 4.64. The lowest BCUT2D eigenvalue weighted by Crippen LogP contribution is -2.04. The van der Waals surface area contributed by atoms with Gasteiger partial charge in [0.05, 0.1) is 5.56 Å². The van der Waals surface area contributed by atoms with Crippen LogP contribution in [-0.4, -0.2) is 12.9 Å². The third kappa shape index (κ3) is 1.86. The summed E-state index contributed by atoms with van der Waals surface area (Å²) in [5, 5.41) is 1.26. The quantitative estimate of drug-likeness (QED) is 0.745. The number of alkyl halides is 2. The Bertz CT molecular complexity index is 523. The van der Waals surface area contributed by atoms with Gasteiger partial charge in [-0.2, -0.15) is 8.78 Å². The van der Waals surface area contributed by atoms with E-state index in [-0.39, 0.29) is 11.3 Å². The summed E-state index contributed by atoms with van der Waals surface area (Å²) in [6, 6.07) is 10.1. The molecular formula is C12H8F2O2. The highest BCUT2D eigenvalue weighted by Crippen LogP contribution is 2.30. The van der Waals surface area contributed by atoms with Crippen molar-refractivity contribution < 1.29 is 18.3 Å². The van der Waals surface area contributed by atoms with E-state index < -0.39 is 6.61 Å². The van der Waals surface area contributed by atoms with Crippen molar-refractivity contribution >= 4 is 17.1 Å². The third-order valence-corrected chi connectivity index (χ3v) is 2.24. The minimum absolute atomic E-state index is 0.0666. The van der Waals surface area contributed by atoms with Gasteiger partial charge in [-0.15, -0.1) is 0 Å². The lowest BCUT2D eigenvalue weighted by Gasteiger charge is -2.10. The SMILES string of the molecule is O=Cc1ccc2ccccc2c1OC(F)F. The fourth-order valence-corrected chi connectivity index (χ4v) is 1.57. The van der Waals surface area contributed by atoms with Crippen LogP contribution < -0.4 is 4.74 Å². The lowest BCUT2D eigenvalue weighted by molar-refractivity contribution is -0.0490. The molecule has 0 radical (unpaired) electrons. The molecule has 0 fully saturated rings. The van der Waals surface area contributed by atoms with Gasteiger partial charge in [0.15, 0.2) is 6.29 Å². The van der Waals surface area contributed by atoms with Crippen molar-refractivity contribution in [3.05, 3.63) is 42.0 Å². The van der Waals surface area contributed by atoms with Crippen LogP contribution in [0.2, 0.25) is 0 Å². The summed E-state index contributed by atoms with van der Waals surface area (Å²) in [5.74, 6) is -0.0666. The number of carbonyl (C=O) groups is 1. The van der Waals surface area contributed by atoms with Gasteiger partial charge < -0.3 is 4.74 Å². The first kappa shape index (κ1) is 10.5. The summed E-state index contributed by atoms with van der Waals surface area (Å²) in [6.07, 6.45) is 0.504. The number of benzene rings is 2. The van der Waals surface area contributed by atoms with Crippen LogP contribution in [0.5, 0.6) is 5.75 Å². The van der Waals surface area contributed by atoms with Crippen molar-refractivity contribution in [3.63, 3.8) is 0 Å². The molecule has 0 bridgehead atoms. The standard InChI is InChI=1S/C12H8F2O2/c13-12(14)16-11-9(7-15)6-5-8-3-1-2-4-10(8)11/h1-7,12H. The first-order valence-corrected chi connectivity index (χ1v) is 4.64. The normalized spacial score (nSPS) is 10.7. The fraction of sp³-hybridized carbons (Fsp3) is 0.0833. The molecule has 0 N–H and O–H groups in total. The molecule has 2 aromatic rings. The van der Waals surface area contributed by atoms with Crippen molar-refractivity contribution in [2.45, 2.75) is 6.61 Å². The second kappa shape index (κ2) is 4.26. The summed E-state index contributed by atoms with van der Waals surface area (Å²) in [6.45, 7) is -2.94. The van der Waals surface area contributed by atoms with Gasteiger partial charge in [-0.3, -0.25) is 4.79 Å². The van der Waals surface area contributed by atoms with Gasteiger partial charge in [-0.05, 0) is 11.5 Å². The number of rotatable bonds is 3. The van der Waals surface area contributed by atoms with Crippen molar-refractivity contribution in [3.8, 4) is 5.75 Å². The van der Waals surface area contributed by atoms with Gasteiger partial charge in [0.25, 0.3) is 0 Å². The summed E-state index contributed by atoms with van der Waals surface area (Å²) < 4.78 is 28.8. The van der Waals surface area contributed by atoms with Crippen molar-refractivity contribution in [2.75, 3.05) is 0 Å². The molecule has 2 rings (SSSR count). The Balaban J connectivity index is 2.67. The zero-order chi connectivity index (χ0) is 11.5. The molecule has 0 amide bonds. The minimum atomic E-state index is -2.94. The molecule has 0 aliphatic carbocycles. The number of ether oxygens (including phenoxy) is 1. The molecule has 0 aliphatic heterocycles. The van der Waals surface area contributed by atoms with Gasteiger partial charge in [-0.25, -0.2) is 0 Å². The van der Waals surface area contributed by atoms with Crippen LogP contribution in [0.1, 0.15) is 10.4 Å². The lowest BCUT2D eigenvalue weighted by atomic mass is 10.1. The van der Waals surface area contributed by atoms with Crippen LogP contribution >= 0.6 is 0 Å². The van der Waals surface area contributed by atoms with E-state index in [1.165, 1.54) is 6.07 Å². The summed E-state index contributed by atoms with van der Waals surface area (Å²) in [5.41, 5.74) is 0.124. The molecule has 0 aliphatic rings. The zero-order valence-corrected chi connectivity index (χ0v) is 8.19. The van der Waals surface area contributed by atoms with E-state index in [1.54, 1.807) is 30.3 Å². The van der Waals surface area contributed by atoms with Gasteiger partial charge >= 0.3 is 6.61 Å².